The summed E-state index contributed by atoms with van der Waals surface area (Å²) in [4.78, 5) is 60.9. The Morgan fingerprint density at radius 3 is 2.55 bits per heavy atom. The first-order chi connectivity index (χ1) is 15.7. The van der Waals surface area contributed by atoms with Gasteiger partial charge in [0, 0.05) is 46.7 Å². The number of aryl methyl sites for hydroxylation is 1. The van der Waals surface area contributed by atoms with Crippen LogP contribution in [0.4, 0.5) is 0 Å². The number of halogens is 1. The van der Waals surface area contributed by atoms with E-state index in [1.165, 1.54) is 13.0 Å². The molecule has 1 aliphatic rings. The van der Waals surface area contributed by atoms with Gasteiger partial charge < -0.3 is 5.32 Å². The van der Waals surface area contributed by atoms with Gasteiger partial charge in [-0.15, -0.1) is 0 Å². The summed E-state index contributed by atoms with van der Waals surface area (Å²) in [6, 6.07) is 9.84. The Morgan fingerprint density at radius 2 is 1.88 bits per heavy atom. The van der Waals surface area contributed by atoms with Crippen molar-refractivity contribution in [2.75, 3.05) is 0 Å². The second-order valence-corrected chi connectivity index (χ2v) is 8.18. The second-order valence-electron chi connectivity index (χ2n) is 7.78. The fraction of sp³-hybridized carbons (Fsp3) is 0.240. The highest BCUT2D eigenvalue weighted by atomic mass is 35.5. The van der Waals surface area contributed by atoms with Gasteiger partial charge in [-0.05, 0) is 43.5 Å². The fourth-order valence-electron chi connectivity index (χ4n) is 3.56. The molecule has 0 radical (unpaired) electrons. The van der Waals surface area contributed by atoms with Gasteiger partial charge in [-0.3, -0.25) is 29.3 Å². The standard InChI is InChI=1S/C25H23ClN2O5/c1-14-6-7-17(12-20(14)26)24(32)27-13-18-4-3-5-19(23(18)15(2)29)21(30)10-8-16-9-11-22(31)28-25(16)33/h3-8,12H,9-11,13H2,1-2H3,(H,27,32)(H,28,31,33)/b16-8+. The smallest absolute Gasteiger partial charge is 0.253 e. The first-order valence-corrected chi connectivity index (χ1v) is 10.8. The largest absolute Gasteiger partial charge is 0.348 e. The Kier molecular flexibility index (Phi) is 7.55. The van der Waals surface area contributed by atoms with Crippen molar-refractivity contribution in [3.05, 3.63) is 80.9 Å². The van der Waals surface area contributed by atoms with Crippen LogP contribution in [0.2, 0.25) is 5.02 Å². The number of hydrogen-bond acceptors (Lipinski definition) is 5. The lowest BCUT2D eigenvalue weighted by molar-refractivity contribution is -0.130. The molecule has 1 fully saturated rings. The highest BCUT2D eigenvalue weighted by Gasteiger charge is 2.22. The van der Waals surface area contributed by atoms with Crippen LogP contribution in [0, 0.1) is 6.92 Å². The summed E-state index contributed by atoms with van der Waals surface area (Å²) in [5, 5.41) is 5.45. The van der Waals surface area contributed by atoms with Crippen molar-refractivity contribution in [2.24, 2.45) is 0 Å². The molecule has 33 heavy (non-hydrogen) atoms. The van der Waals surface area contributed by atoms with Crippen molar-refractivity contribution in [1.82, 2.24) is 10.6 Å². The third kappa shape index (κ3) is 5.81. The summed E-state index contributed by atoms with van der Waals surface area (Å²) in [5.74, 6) is -1.85. The van der Waals surface area contributed by atoms with Crippen molar-refractivity contribution >= 4 is 40.9 Å². The molecule has 0 atom stereocenters. The van der Waals surface area contributed by atoms with Gasteiger partial charge >= 0.3 is 0 Å². The van der Waals surface area contributed by atoms with Crippen molar-refractivity contribution < 1.29 is 24.0 Å². The molecule has 2 aromatic rings. The van der Waals surface area contributed by atoms with Crippen LogP contribution in [-0.4, -0.2) is 29.3 Å². The highest BCUT2D eigenvalue weighted by Crippen LogP contribution is 2.21. The van der Waals surface area contributed by atoms with Gasteiger partial charge in [-0.2, -0.15) is 0 Å². The molecular formula is C25H23ClN2O5. The molecule has 1 aliphatic heterocycles. The zero-order valence-electron chi connectivity index (χ0n) is 18.3. The summed E-state index contributed by atoms with van der Waals surface area (Å²) in [5.41, 5.74) is 2.56. The summed E-state index contributed by atoms with van der Waals surface area (Å²) >= 11 is 6.09. The van der Waals surface area contributed by atoms with E-state index in [0.717, 1.165) is 5.56 Å². The maximum absolute atomic E-state index is 12.9. The van der Waals surface area contributed by atoms with Crippen LogP contribution in [0.5, 0.6) is 0 Å². The number of rotatable bonds is 7. The van der Waals surface area contributed by atoms with Crippen LogP contribution in [0.1, 0.15) is 68.4 Å². The molecule has 0 aliphatic carbocycles. The monoisotopic (exact) mass is 466 g/mol. The summed E-state index contributed by atoms with van der Waals surface area (Å²) < 4.78 is 0. The molecule has 0 spiro atoms. The van der Waals surface area contributed by atoms with E-state index in [-0.39, 0.29) is 60.3 Å². The van der Waals surface area contributed by atoms with Crippen molar-refractivity contribution in [3.8, 4) is 0 Å². The average Bonchev–Trinajstić information content (AvgIpc) is 2.78. The molecule has 0 unspecified atom stereocenters. The minimum absolute atomic E-state index is 0.0476. The van der Waals surface area contributed by atoms with Gasteiger partial charge in [0.05, 0.1) is 0 Å². The van der Waals surface area contributed by atoms with Gasteiger partial charge in [-0.1, -0.05) is 41.9 Å². The molecule has 1 saturated heterocycles. The van der Waals surface area contributed by atoms with E-state index >= 15 is 0 Å². The van der Waals surface area contributed by atoms with E-state index in [9.17, 15) is 24.0 Å². The first-order valence-electron chi connectivity index (χ1n) is 10.4. The lowest BCUT2D eigenvalue weighted by Gasteiger charge is -2.14. The van der Waals surface area contributed by atoms with Crippen LogP contribution in [0.15, 0.2) is 48.0 Å². The number of imide groups is 1. The number of piperidine rings is 1. The maximum atomic E-state index is 12.9. The van der Waals surface area contributed by atoms with Gasteiger partial charge in [-0.25, -0.2) is 0 Å². The van der Waals surface area contributed by atoms with E-state index in [4.69, 9.17) is 11.6 Å². The highest BCUT2D eigenvalue weighted by molar-refractivity contribution is 6.31. The number of ketones is 2. The zero-order chi connectivity index (χ0) is 24.1. The Morgan fingerprint density at radius 1 is 1.12 bits per heavy atom. The predicted octanol–water partition coefficient (Wildman–Crippen LogP) is 3.72. The maximum Gasteiger partial charge on any atom is 0.253 e. The van der Waals surface area contributed by atoms with Crippen molar-refractivity contribution in [2.45, 2.75) is 39.7 Å². The van der Waals surface area contributed by atoms with E-state index < -0.39 is 5.91 Å². The number of benzene rings is 2. The molecule has 0 bridgehead atoms. The normalized spacial score (nSPS) is 14.7. The number of carbonyl (C=O) groups excluding carboxylic acids is 5. The molecule has 1 heterocycles. The van der Waals surface area contributed by atoms with Crippen LogP contribution < -0.4 is 10.6 Å². The van der Waals surface area contributed by atoms with Gasteiger partial charge in [0.2, 0.25) is 5.91 Å². The molecule has 3 rings (SSSR count). The van der Waals surface area contributed by atoms with Crippen LogP contribution in [-0.2, 0) is 16.1 Å². The second kappa shape index (κ2) is 10.4. The van der Waals surface area contributed by atoms with E-state index in [0.29, 0.717) is 21.7 Å². The number of nitrogens with one attached hydrogen (secondary N) is 2. The van der Waals surface area contributed by atoms with Crippen LogP contribution in [0.3, 0.4) is 0 Å². The quantitative estimate of drug-likeness (QED) is 0.367. The molecule has 7 nitrogen and oxygen atoms in total. The number of allylic oxidation sites excluding steroid dienone is 1. The van der Waals surface area contributed by atoms with Gasteiger partial charge in [0.1, 0.15) is 0 Å². The topological polar surface area (TPSA) is 109 Å². The molecular weight excluding hydrogens is 444 g/mol. The number of Topliss-reactive ketones (excluding diaryl/α,β-unsaturated/α-hetero) is 2. The molecule has 0 saturated carbocycles. The Balaban J connectivity index is 1.77. The summed E-state index contributed by atoms with van der Waals surface area (Å²) in [7, 11) is 0. The lowest BCUT2D eigenvalue weighted by atomic mass is 9.93. The predicted molar refractivity (Wildman–Crippen MR) is 123 cm³/mol. The Labute approximate surface area is 196 Å². The fourth-order valence-corrected chi connectivity index (χ4v) is 3.74. The average molecular weight is 467 g/mol. The molecule has 0 aromatic heterocycles. The third-order valence-electron chi connectivity index (χ3n) is 5.38. The van der Waals surface area contributed by atoms with Gasteiger partial charge in [0.15, 0.2) is 11.6 Å². The number of carbonyl (C=O) groups is 5. The number of amides is 3. The van der Waals surface area contributed by atoms with E-state index in [1.54, 1.807) is 36.4 Å². The van der Waals surface area contributed by atoms with E-state index in [2.05, 4.69) is 10.6 Å². The number of hydrogen-bond donors (Lipinski definition) is 2. The minimum atomic E-state index is -0.501. The Bertz CT molecular complexity index is 1200. The molecule has 2 aromatic carbocycles. The minimum Gasteiger partial charge on any atom is -0.348 e. The van der Waals surface area contributed by atoms with Gasteiger partial charge in [0.25, 0.3) is 11.8 Å². The molecule has 3 amide bonds. The SMILES string of the molecule is CC(=O)c1c(CNC(=O)c2ccc(C)c(Cl)c2)cccc1C(=O)C/C=C1\CCC(=O)NC1=O. The van der Waals surface area contributed by atoms with Crippen molar-refractivity contribution in [3.63, 3.8) is 0 Å². The van der Waals surface area contributed by atoms with E-state index in [1.807, 2.05) is 6.92 Å². The third-order valence-corrected chi connectivity index (χ3v) is 5.78. The molecule has 8 heteroatoms. The van der Waals surface area contributed by atoms with Crippen molar-refractivity contribution in [1.29, 1.82) is 0 Å². The molecule has 2 N–H and O–H groups in total. The summed E-state index contributed by atoms with van der Waals surface area (Å²) in [6.45, 7) is 3.24. The zero-order valence-corrected chi connectivity index (χ0v) is 19.0. The Hall–Kier alpha value is -3.58. The molecule has 170 valence electrons. The summed E-state index contributed by atoms with van der Waals surface area (Å²) in [6.07, 6.45) is 1.86. The van der Waals surface area contributed by atoms with Crippen LogP contribution >= 0.6 is 11.6 Å². The first kappa shape index (κ1) is 24.1. The van der Waals surface area contributed by atoms with Crippen LogP contribution in [0.25, 0.3) is 0 Å². The lowest BCUT2D eigenvalue weighted by Crippen LogP contribution is -2.36.